The van der Waals surface area contributed by atoms with Crippen LogP contribution >= 0.6 is 0 Å². The topological polar surface area (TPSA) is 125 Å². The fourth-order valence-corrected chi connectivity index (χ4v) is 3.32. The number of carbonyl (C=O) groups excluding carboxylic acids is 3. The number of rotatable bonds is 5. The van der Waals surface area contributed by atoms with Crippen LogP contribution in [-0.2, 0) is 14.4 Å². The monoisotopic (exact) mass is 373 g/mol. The maximum Gasteiger partial charge on any atom is 0.307 e. The van der Waals surface area contributed by atoms with Crippen LogP contribution in [0, 0.1) is 17.8 Å². The first-order valence-corrected chi connectivity index (χ1v) is 9.19. The molecule has 3 amide bonds. The van der Waals surface area contributed by atoms with Gasteiger partial charge in [-0.1, -0.05) is 12.8 Å². The highest BCUT2D eigenvalue weighted by molar-refractivity contribution is 5.97. The standard InChI is InChI=1S/C19H23N3O5/c23-16(11-5-6-11)20-13-9-7-12(8-10-13)17(24)21-22-18(25)14-3-1-2-4-15(14)19(26)27/h7-11,14-15H,1-6H2,(H,20,23)(H,21,24)(H,22,25)(H,26,27)/t14-,15+/m1/s1. The van der Waals surface area contributed by atoms with Gasteiger partial charge in [-0.2, -0.15) is 0 Å². The molecule has 3 rings (SSSR count). The summed E-state index contributed by atoms with van der Waals surface area (Å²) in [6.07, 6.45) is 4.37. The summed E-state index contributed by atoms with van der Waals surface area (Å²) in [5.74, 6) is -3.25. The smallest absolute Gasteiger partial charge is 0.307 e. The summed E-state index contributed by atoms with van der Waals surface area (Å²) in [6, 6.07) is 6.34. The lowest BCUT2D eigenvalue weighted by Gasteiger charge is -2.27. The highest BCUT2D eigenvalue weighted by Gasteiger charge is 2.35. The second-order valence-electron chi connectivity index (χ2n) is 7.12. The number of hydrogen-bond acceptors (Lipinski definition) is 4. The summed E-state index contributed by atoms with van der Waals surface area (Å²) in [7, 11) is 0. The van der Waals surface area contributed by atoms with E-state index in [0.717, 1.165) is 25.7 Å². The zero-order chi connectivity index (χ0) is 19.4. The van der Waals surface area contributed by atoms with Crippen molar-refractivity contribution in [3.63, 3.8) is 0 Å². The van der Waals surface area contributed by atoms with Crippen molar-refractivity contribution in [2.24, 2.45) is 17.8 Å². The summed E-state index contributed by atoms with van der Waals surface area (Å²) in [4.78, 5) is 47.4. The van der Waals surface area contributed by atoms with E-state index in [0.29, 0.717) is 24.1 Å². The van der Waals surface area contributed by atoms with Crippen LogP contribution in [0.3, 0.4) is 0 Å². The third-order valence-electron chi connectivity index (χ3n) is 5.08. The number of carboxylic acid groups (broad SMARTS) is 1. The molecule has 2 saturated carbocycles. The minimum Gasteiger partial charge on any atom is -0.481 e. The molecule has 1 aromatic rings. The molecule has 0 saturated heterocycles. The lowest BCUT2D eigenvalue weighted by Crippen LogP contribution is -2.47. The largest absolute Gasteiger partial charge is 0.481 e. The number of hydrogen-bond donors (Lipinski definition) is 4. The predicted molar refractivity (Wildman–Crippen MR) is 96.5 cm³/mol. The van der Waals surface area contributed by atoms with Crippen LogP contribution in [0.1, 0.15) is 48.9 Å². The minimum atomic E-state index is -0.981. The second-order valence-corrected chi connectivity index (χ2v) is 7.12. The first-order chi connectivity index (χ1) is 13.0. The van der Waals surface area contributed by atoms with Crippen molar-refractivity contribution in [2.75, 3.05) is 5.32 Å². The van der Waals surface area contributed by atoms with Gasteiger partial charge in [0, 0.05) is 17.2 Å². The Hall–Kier alpha value is -2.90. The van der Waals surface area contributed by atoms with E-state index in [4.69, 9.17) is 0 Å². The van der Waals surface area contributed by atoms with Crippen molar-refractivity contribution in [3.05, 3.63) is 29.8 Å². The Bertz CT molecular complexity index is 742. The normalized spacial score (nSPS) is 21.8. The molecule has 2 fully saturated rings. The number of benzene rings is 1. The van der Waals surface area contributed by atoms with Crippen molar-refractivity contribution in [1.82, 2.24) is 10.9 Å². The molecule has 0 aromatic heterocycles. The van der Waals surface area contributed by atoms with E-state index in [1.54, 1.807) is 24.3 Å². The van der Waals surface area contributed by atoms with E-state index in [1.165, 1.54) is 0 Å². The Balaban J connectivity index is 1.51. The van der Waals surface area contributed by atoms with Crippen LogP contribution in [0.2, 0.25) is 0 Å². The van der Waals surface area contributed by atoms with Crippen LogP contribution < -0.4 is 16.2 Å². The van der Waals surface area contributed by atoms with Crippen LogP contribution in [0.25, 0.3) is 0 Å². The van der Waals surface area contributed by atoms with E-state index >= 15 is 0 Å². The summed E-state index contributed by atoms with van der Waals surface area (Å²) in [5.41, 5.74) is 5.59. The minimum absolute atomic E-state index is 0.0140. The second kappa shape index (κ2) is 8.20. The molecule has 8 heteroatoms. The summed E-state index contributed by atoms with van der Waals surface area (Å²) >= 11 is 0. The van der Waals surface area contributed by atoms with Crippen LogP contribution in [0.5, 0.6) is 0 Å². The summed E-state index contributed by atoms with van der Waals surface area (Å²) in [5, 5.41) is 12.0. The summed E-state index contributed by atoms with van der Waals surface area (Å²) < 4.78 is 0. The van der Waals surface area contributed by atoms with Crippen LogP contribution in [0.15, 0.2) is 24.3 Å². The Morgan fingerprint density at radius 1 is 0.815 bits per heavy atom. The molecule has 0 radical (unpaired) electrons. The van der Waals surface area contributed by atoms with E-state index < -0.39 is 29.6 Å². The van der Waals surface area contributed by atoms with Crippen molar-refractivity contribution in [1.29, 1.82) is 0 Å². The molecular weight excluding hydrogens is 350 g/mol. The molecule has 27 heavy (non-hydrogen) atoms. The van der Waals surface area contributed by atoms with Crippen molar-refractivity contribution in [3.8, 4) is 0 Å². The Morgan fingerprint density at radius 3 is 2.04 bits per heavy atom. The van der Waals surface area contributed by atoms with Gasteiger partial charge in [0.2, 0.25) is 11.8 Å². The fraction of sp³-hybridized carbons (Fsp3) is 0.474. The van der Waals surface area contributed by atoms with E-state index in [-0.39, 0.29) is 11.8 Å². The number of carbonyl (C=O) groups is 4. The first kappa shape index (κ1) is 18.9. The SMILES string of the molecule is O=C(NNC(=O)[C@@H]1CCCC[C@@H]1C(=O)O)c1ccc(NC(=O)C2CC2)cc1. The van der Waals surface area contributed by atoms with E-state index in [2.05, 4.69) is 16.2 Å². The maximum atomic E-state index is 12.3. The highest BCUT2D eigenvalue weighted by Crippen LogP contribution is 2.31. The molecule has 144 valence electrons. The van der Waals surface area contributed by atoms with Gasteiger partial charge in [0.25, 0.3) is 5.91 Å². The molecule has 0 unspecified atom stereocenters. The zero-order valence-corrected chi connectivity index (χ0v) is 14.9. The summed E-state index contributed by atoms with van der Waals surface area (Å²) in [6.45, 7) is 0. The highest BCUT2D eigenvalue weighted by atomic mass is 16.4. The molecule has 4 N–H and O–H groups in total. The van der Waals surface area contributed by atoms with Gasteiger partial charge in [0.1, 0.15) is 0 Å². The third kappa shape index (κ3) is 4.84. The van der Waals surface area contributed by atoms with Gasteiger partial charge in [0.15, 0.2) is 0 Å². The molecule has 0 bridgehead atoms. The Labute approximate surface area is 156 Å². The average molecular weight is 373 g/mol. The van der Waals surface area contributed by atoms with Gasteiger partial charge in [-0.25, -0.2) is 0 Å². The van der Waals surface area contributed by atoms with Crippen LogP contribution in [-0.4, -0.2) is 28.8 Å². The molecule has 8 nitrogen and oxygen atoms in total. The molecular formula is C19H23N3O5. The molecule has 2 aliphatic carbocycles. The third-order valence-corrected chi connectivity index (χ3v) is 5.08. The van der Waals surface area contributed by atoms with E-state index in [1.807, 2.05) is 0 Å². The molecule has 0 aliphatic heterocycles. The van der Waals surface area contributed by atoms with Crippen molar-refractivity contribution < 1.29 is 24.3 Å². The number of aliphatic carboxylic acids is 1. The molecule has 2 atom stereocenters. The molecule has 0 heterocycles. The Kier molecular flexibility index (Phi) is 5.73. The van der Waals surface area contributed by atoms with Gasteiger partial charge in [-0.05, 0) is 49.9 Å². The number of anilines is 1. The molecule has 0 spiro atoms. The van der Waals surface area contributed by atoms with E-state index in [9.17, 15) is 24.3 Å². The molecule has 2 aliphatic rings. The quantitative estimate of drug-likeness (QED) is 0.585. The van der Waals surface area contributed by atoms with Gasteiger partial charge in [-0.15, -0.1) is 0 Å². The van der Waals surface area contributed by atoms with Gasteiger partial charge in [0.05, 0.1) is 11.8 Å². The van der Waals surface area contributed by atoms with Crippen molar-refractivity contribution >= 4 is 29.4 Å². The van der Waals surface area contributed by atoms with Gasteiger partial charge < -0.3 is 10.4 Å². The van der Waals surface area contributed by atoms with Crippen LogP contribution in [0.4, 0.5) is 5.69 Å². The number of carboxylic acids is 1. The average Bonchev–Trinajstić information content (AvgIpc) is 3.51. The maximum absolute atomic E-state index is 12.3. The number of hydrazine groups is 1. The van der Waals surface area contributed by atoms with Gasteiger partial charge in [-0.3, -0.25) is 30.0 Å². The van der Waals surface area contributed by atoms with Gasteiger partial charge >= 0.3 is 5.97 Å². The van der Waals surface area contributed by atoms with Crippen molar-refractivity contribution in [2.45, 2.75) is 38.5 Å². The number of amides is 3. The molecule has 1 aromatic carbocycles. The first-order valence-electron chi connectivity index (χ1n) is 9.19. The predicted octanol–water partition coefficient (Wildman–Crippen LogP) is 1.69. The Morgan fingerprint density at radius 2 is 1.44 bits per heavy atom. The lowest BCUT2D eigenvalue weighted by molar-refractivity contribution is -0.149. The number of nitrogens with one attached hydrogen (secondary N) is 3. The lowest BCUT2D eigenvalue weighted by atomic mass is 9.79. The fourth-order valence-electron chi connectivity index (χ4n) is 3.32. The zero-order valence-electron chi connectivity index (χ0n) is 14.9.